The van der Waals surface area contributed by atoms with Crippen LogP contribution in [0.4, 0.5) is 0 Å². The molecule has 0 atom stereocenters. The molecule has 0 spiro atoms. The highest BCUT2D eigenvalue weighted by atomic mass is 35.5. The van der Waals surface area contributed by atoms with Gasteiger partial charge in [-0.3, -0.25) is 0 Å². The SMILES string of the molecule is CCCCCCCCCCCCCCNO[Si](C)(C)C.Cl. The minimum atomic E-state index is -1.37. The molecule has 0 fully saturated rings. The van der Waals surface area contributed by atoms with Crippen molar-refractivity contribution in [1.29, 1.82) is 0 Å². The second kappa shape index (κ2) is 16.8. The minimum absolute atomic E-state index is 0. The molecule has 4 heteroatoms. The Morgan fingerprint density at radius 2 is 1.05 bits per heavy atom. The molecule has 0 unspecified atom stereocenters. The van der Waals surface area contributed by atoms with Crippen molar-refractivity contribution in [2.24, 2.45) is 0 Å². The first-order valence-electron chi connectivity index (χ1n) is 8.97. The molecule has 0 bridgehead atoms. The van der Waals surface area contributed by atoms with Crippen molar-refractivity contribution >= 4 is 20.7 Å². The van der Waals surface area contributed by atoms with Gasteiger partial charge in [0.25, 0.3) is 0 Å². The highest BCUT2D eigenvalue weighted by Crippen LogP contribution is 2.11. The van der Waals surface area contributed by atoms with Gasteiger partial charge in [0.15, 0.2) is 0 Å². The summed E-state index contributed by atoms with van der Waals surface area (Å²) in [6.07, 6.45) is 16.9. The van der Waals surface area contributed by atoms with Crippen LogP contribution >= 0.6 is 12.4 Å². The van der Waals surface area contributed by atoms with Crippen LogP contribution in [0, 0.1) is 0 Å². The first-order chi connectivity index (χ1) is 9.56. The molecule has 0 heterocycles. The summed E-state index contributed by atoms with van der Waals surface area (Å²) in [5.41, 5.74) is 3.12. The van der Waals surface area contributed by atoms with E-state index in [1.54, 1.807) is 0 Å². The van der Waals surface area contributed by atoms with Crippen molar-refractivity contribution in [3.63, 3.8) is 0 Å². The lowest BCUT2D eigenvalue weighted by Crippen LogP contribution is -2.34. The Kier molecular flexibility index (Phi) is 18.9. The van der Waals surface area contributed by atoms with E-state index in [1.807, 2.05) is 0 Å². The van der Waals surface area contributed by atoms with Crippen LogP contribution in [0.25, 0.3) is 0 Å². The van der Waals surface area contributed by atoms with Gasteiger partial charge in [0.05, 0.1) is 0 Å². The molecular formula is C17H40ClNOSi. The molecule has 0 aliphatic carbocycles. The number of nitrogens with one attached hydrogen (secondary N) is 1. The third-order valence-electron chi connectivity index (χ3n) is 3.51. The summed E-state index contributed by atoms with van der Waals surface area (Å²) >= 11 is 0. The maximum absolute atomic E-state index is 5.62. The zero-order valence-corrected chi connectivity index (χ0v) is 16.8. The molecule has 0 aromatic carbocycles. The average Bonchev–Trinajstić information content (AvgIpc) is 2.38. The molecule has 1 N–H and O–H groups in total. The molecule has 0 aromatic heterocycles. The van der Waals surface area contributed by atoms with Crippen molar-refractivity contribution in [1.82, 2.24) is 5.48 Å². The summed E-state index contributed by atoms with van der Waals surface area (Å²) in [6, 6.07) is 0. The van der Waals surface area contributed by atoms with E-state index in [0.717, 1.165) is 6.54 Å². The zero-order chi connectivity index (χ0) is 15.1. The van der Waals surface area contributed by atoms with E-state index in [2.05, 4.69) is 32.0 Å². The van der Waals surface area contributed by atoms with Gasteiger partial charge in [0.2, 0.25) is 8.32 Å². The van der Waals surface area contributed by atoms with Crippen LogP contribution in [-0.2, 0) is 4.53 Å². The van der Waals surface area contributed by atoms with E-state index in [4.69, 9.17) is 4.53 Å². The fourth-order valence-electron chi connectivity index (χ4n) is 2.31. The molecule has 130 valence electrons. The number of rotatable bonds is 15. The first-order valence-corrected chi connectivity index (χ1v) is 12.4. The van der Waals surface area contributed by atoms with Crippen LogP contribution in [0.2, 0.25) is 19.6 Å². The fourth-order valence-corrected chi connectivity index (χ4v) is 2.84. The molecule has 0 rings (SSSR count). The number of hydrogen-bond acceptors (Lipinski definition) is 2. The number of hydrogen-bond donors (Lipinski definition) is 1. The van der Waals surface area contributed by atoms with Gasteiger partial charge >= 0.3 is 0 Å². The molecule has 2 nitrogen and oxygen atoms in total. The first kappa shape index (κ1) is 23.7. The van der Waals surface area contributed by atoms with Gasteiger partial charge in [-0.15, -0.1) is 12.4 Å². The fraction of sp³-hybridized carbons (Fsp3) is 1.00. The second-order valence-corrected chi connectivity index (χ2v) is 11.4. The van der Waals surface area contributed by atoms with Crippen LogP contribution in [0.3, 0.4) is 0 Å². The number of unbranched alkanes of at least 4 members (excludes halogenated alkanes) is 11. The zero-order valence-electron chi connectivity index (χ0n) is 15.0. The Morgan fingerprint density at radius 1 is 0.667 bits per heavy atom. The Labute approximate surface area is 141 Å². The van der Waals surface area contributed by atoms with Crippen LogP contribution in [0.15, 0.2) is 0 Å². The van der Waals surface area contributed by atoms with Crippen LogP contribution in [0.5, 0.6) is 0 Å². The van der Waals surface area contributed by atoms with Crippen molar-refractivity contribution in [3.8, 4) is 0 Å². The molecule has 0 aliphatic rings. The van der Waals surface area contributed by atoms with Crippen molar-refractivity contribution < 1.29 is 4.53 Å². The van der Waals surface area contributed by atoms with Gasteiger partial charge in [0.1, 0.15) is 0 Å². The molecule has 21 heavy (non-hydrogen) atoms. The quantitative estimate of drug-likeness (QED) is 0.210. The third-order valence-corrected chi connectivity index (χ3v) is 4.27. The molecule has 0 amide bonds. The van der Waals surface area contributed by atoms with Gasteiger partial charge in [-0.1, -0.05) is 77.6 Å². The van der Waals surface area contributed by atoms with Gasteiger partial charge < -0.3 is 4.53 Å². The average molecular weight is 338 g/mol. The van der Waals surface area contributed by atoms with Crippen LogP contribution in [-0.4, -0.2) is 14.9 Å². The minimum Gasteiger partial charge on any atom is -0.346 e. The molecule has 0 aromatic rings. The van der Waals surface area contributed by atoms with E-state index in [0.29, 0.717) is 0 Å². The van der Waals surface area contributed by atoms with E-state index in [9.17, 15) is 0 Å². The third kappa shape index (κ3) is 22.8. The standard InChI is InChI=1S/C17H39NOSi.ClH/c1-5-6-7-8-9-10-11-12-13-14-15-16-17-18-19-20(2,3)4;/h18H,5-17H2,1-4H3;1H. The Morgan fingerprint density at radius 3 is 1.43 bits per heavy atom. The normalized spacial score (nSPS) is 11.4. The highest BCUT2D eigenvalue weighted by Gasteiger charge is 2.13. The van der Waals surface area contributed by atoms with Gasteiger partial charge in [-0.2, -0.15) is 0 Å². The lowest BCUT2D eigenvalue weighted by molar-refractivity contribution is 0.185. The Balaban J connectivity index is 0. The molecule has 0 radical (unpaired) electrons. The largest absolute Gasteiger partial charge is 0.346 e. The summed E-state index contributed by atoms with van der Waals surface area (Å²) in [7, 11) is -1.37. The smallest absolute Gasteiger partial charge is 0.211 e. The number of halogens is 1. The predicted octanol–water partition coefficient (Wildman–Crippen LogP) is 6.47. The monoisotopic (exact) mass is 337 g/mol. The van der Waals surface area contributed by atoms with Crippen LogP contribution < -0.4 is 5.48 Å². The van der Waals surface area contributed by atoms with Gasteiger partial charge in [-0.25, -0.2) is 5.48 Å². The van der Waals surface area contributed by atoms with Crippen molar-refractivity contribution in [2.45, 2.75) is 104 Å². The number of hydroxylamine groups is 1. The highest BCUT2D eigenvalue weighted by molar-refractivity contribution is 6.69. The summed E-state index contributed by atoms with van der Waals surface area (Å²) in [4.78, 5) is 0. The van der Waals surface area contributed by atoms with Gasteiger partial charge in [0, 0.05) is 6.54 Å². The summed E-state index contributed by atoms with van der Waals surface area (Å²) in [6.45, 7) is 9.93. The van der Waals surface area contributed by atoms with E-state index < -0.39 is 8.32 Å². The van der Waals surface area contributed by atoms with E-state index in [1.165, 1.54) is 77.0 Å². The maximum atomic E-state index is 5.62. The van der Waals surface area contributed by atoms with Crippen molar-refractivity contribution in [3.05, 3.63) is 0 Å². The van der Waals surface area contributed by atoms with Crippen LogP contribution in [0.1, 0.15) is 84.0 Å². The molecule has 0 aliphatic heterocycles. The predicted molar refractivity (Wildman–Crippen MR) is 101 cm³/mol. The lowest BCUT2D eigenvalue weighted by atomic mass is 10.1. The van der Waals surface area contributed by atoms with Crippen molar-refractivity contribution in [2.75, 3.05) is 6.54 Å². The second-order valence-electron chi connectivity index (χ2n) is 7.00. The Bertz CT molecular complexity index is 198. The van der Waals surface area contributed by atoms with Gasteiger partial charge in [-0.05, 0) is 26.1 Å². The topological polar surface area (TPSA) is 21.3 Å². The maximum Gasteiger partial charge on any atom is 0.211 e. The Hall–Kier alpha value is 0.427. The summed E-state index contributed by atoms with van der Waals surface area (Å²) in [5, 5.41) is 0. The molecule has 0 saturated heterocycles. The molecular weight excluding hydrogens is 298 g/mol. The molecule has 0 saturated carbocycles. The van der Waals surface area contributed by atoms with E-state index in [-0.39, 0.29) is 12.4 Å². The summed E-state index contributed by atoms with van der Waals surface area (Å²) in [5.74, 6) is 0. The summed E-state index contributed by atoms with van der Waals surface area (Å²) < 4.78 is 5.62. The lowest BCUT2D eigenvalue weighted by Gasteiger charge is -2.17. The van der Waals surface area contributed by atoms with E-state index >= 15 is 0 Å².